The highest BCUT2D eigenvalue weighted by molar-refractivity contribution is 5.71. The zero-order valence-electron chi connectivity index (χ0n) is 13.4. The third-order valence-electron chi connectivity index (χ3n) is 4.47. The molecule has 2 aromatic rings. The van der Waals surface area contributed by atoms with Crippen LogP contribution in [0.5, 0.6) is 0 Å². The smallest absolute Gasteiger partial charge is 0.162 e. The Morgan fingerprint density at radius 1 is 0.958 bits per heavy atom. The third kappa shape index (κ3) is 3.10. The molecule has 0 saturated heterocycles. The van der Waals surface area contributed by atoms with Gasteiger partial charge in [-0.15, -0.1) is 0 Å². The van der Waals surface area contributed by atoms with Crippen LogP contribution < -0.4 is 0 Å². The van der Waals surface area contributed by atoms with Gasteiger partial charge in [0.05, 0.1) is 0 Å². The highest BCUT2D eigenvalue weighted by atomic mass is 19.2. The van der Waals surface area contributed by atoms with E-state index in [1.165, 1.54) is 18.2 Å². The van der Waals surface area contributed by atoms with Gasteiger partial charge in [-0.3, -0.25) is 0 Å². The summed E-state index contributed by atoms with van der Waals surface area (Å²) >= 11 is 0. The maximum Gasteiger partial charge on any atom is 0.162 e. The number of allylic oxidation sites excluding steroid dienone is 2. The van der Waals surface area contributed by atoms with Gasteiger partial charge in [0.2, 0.25) is 0 Å². The molecule has 0 nitrogen and oxygen atoms in total. The van der Waals surface area contributed by atoms with Gasteiger partial charge < -0.3 is 0 Å². The van der Waals surface area contributed by atoms with Crippen LogP contribution in [0.3, 0.4) is 0 Å². The van der Waals surface area contributed by atoms with Crippen LogP contribution in [0.25, 0.3) is 5.57 Å². The molecule has 0 spiro atoms. The summed E-state index contributed by atoms with van der Waals surface area (Å²) in [4.78, 5) is 0. The molecular weight excluding hydrogens is 316 g/mol. The summed E-state index contributed by atoms with van der Waals surface area (Å²) in [5.41, 5.74) is 1.89. The average Bonchev–Trinajstić information content (AvgIpc) is 2.56. The molecule has 0 unspecified atom stereocenters. The number of halogens is 4. The minimum Gasteiger partial charge on any atom is -0.206 e. The van der Waals surface area contributed by atoms with Crippen LogP contribution in [0.15, 0.2) is 30.3 Å². The first-order chi connectivity index (χ1) is 11.5. The van der Waals surface area contributed by atoms with Gasteiger partial charge in [0.15, 0.2) is 11.6 Å². The topological polar surface area (TPSA) is 0 Å². The lowest BCUT2D eigenvalue weighted by molar-refractivity contribution is 0.499. The van der Waals surface area contributed by atoms with Crippen LogP contribution in [0.1, 0.15) is 42.0 Å². The summed E-state index contributed by atoms with van der Waals surface area (Å²) in [7, 11) is 0. The van der Waals surface area contributed by atoms with E-state index in [0.717, 1.165) is 18.9 Å². The first kappa shape index (κ1) is 16.7. The molecule has 0 fully saturated rings. The molecule has 0 aromatic heterocycles. The average molecular weight is 334 g/mol. The highest BCUT2D eigenvalue weighted by Gasteiger charge is 2.22. The molecule has 126 valence electrons. The Morgan fingerprint density at radius 2 is 1.67 bits per heavy atom. The lowest BCUT2D eigenvalue weighted by Gasteiger charge is -2.19. The lowest BCUT2D eigenvalue weighted by atomic mass is 9.87. The Bertz CT molecular complexity index is 783. The molecule has 4 heteroatoms. The number of benzene rings is 2. The molecule has 0 N–H and O–H groups in total. The van der Waals surface area contributed by atoms with Crippen LogP contribution in [0, 0.1) is 23.3 Å². The van der Waals surface area contributed by atoms with Gasteiger partial charge in [0.25, 0.3) is 0 Å². The van der Waals surface area contributed by atoms with Gasteiger partial charge >= 0.3 is 0 Å². The van der Waals surface area contributed by atoms with Crippen LogP contribution in [-0.4, -0.2) is 0 Å². The van der Waals surface area contributed by atoms with Gasteiger partial charge in [0.1, 0.15) is 11.6 Å². The van der Waals surface area contributed by atoms with Crippen molar-refractivity contribution in [3.8, 4) is 0 Å². The van der Waals surface area contributed by atoms with E-state index in [0.29, 0.717) is 23.1 Å². The Morgan fingerprint density at radius 3 is 2.33 bits per heavy atom. The van der Waals surface area contributed by atoms with E-state index in [9.17, 15) is 17.6 Å². The Kier molecular flexibility index (Phi) is 4.74. The number of aryl methyl sites for hydroxylation is 1. The van der Waals surface area contributed by atoms with E-state index in [1.54, 1.807) is 6.08 Å². The van der Waals surface area contributed by atoms with E-state index in [-0.39, 0.29) is 24.0 Å². The quantitative estimate of drug-likeness (QED) is 0.623. The molecule has 2 aromatic carbocycles. The number of rotatable bonds is 4. The Balaban J connectivity index is 1.94. The first-order valence-electron chi connectivity index (χ1n) is 8.14. The summed E-state index contributed by atoms with van der Waals surface area (Å²) in [6.45, 7) is 2.02. The van der Waals surface area contributed by atoms with Crippen molar-refractivity contribution in [2.75, 3.05) is 0 Å². The lowest BCUT2D eigenvalue weighted by Crippen LogP contribution is -2.09. The summed E-state index contributed by atoms with van der Waals surface area (Å²) in [5.74, 6) is -2.97. The molecule has 1 aliphatic rings. The number of unbranched alkanes of at least 4 members (excludes halogenated alkanes) is 1. The van der Waals surface area contributed by atoms with E-state index in [2.05, 4.69) is 0 Å². The van der Waals surface area contributed by atoms with Crippen LogP contribution in [0.4, 0.5) is 17.6 Å². The van der Waals surface area contributed by atoms with Crippen molar-refractivity contribution >= 4 is 5.57 Å². The van der Waals surface area contributed by atoms with E-state index >= 15 is 0 Å². The molecule has 0 aliphatic heterocycles. The molecule has 0 saturated carbocycles. The van der Waals surface area contributed by atoms with E-state index in [1.807, 2.05) is 6.92 Å². The fraction of sp³-hybridized carbons (Fsp3) is 0.300. The molecule has 0 bridgehead atoms. The summed E-state index contributed by atoms with van der Waals surface area (Å²) in [6.07, 6.45) is 4.36. The highest BCUT2D eigenvalue weighted by Crippen LogP contribution is 2.33. The van der Waals surface area contributed by atoms with Crippen molar-refractivity contribution in [1.82, 2.24) is 0 Å². The standard InChI is InChI=1S/C20H18F4/c1-2-3-4-12-9-17(22)19(18(23)10-12)14-5-7-15-13(11-14)6-8-16(21)20(15)24/h5-6,8-10H,2-4,7,11H2,1H3. The normalized spacial score (nSPS) is 13.6. The maximum absolute atomic E-state index is 14.4. The summed E-state index contributed by atoms with van der Waals surface area (Å²) in [5, 5.41) is 0. The monoisotopic (exact) mass is 334 g/mol. The number of hydrogen-bond donors (Lipinski definition) is 0. The number of hydrogen-bond acceptors (Lipinski definition) is 0. The zero-order valence-corrected chi connectivity index (χ0v) is 13.4. The molecule has 0 heterocycles. The Labute approximate surface area is 138 Å². The predicted octanol–water partition coefficient (Wildman–Crippen LogP) is 5.77. The molecule has 0 radical (unpaired) electrons. The van der Waals surface area contributed by atoms with Crippen molar-refractivity contribution in [3.63, 3.8) is 0 Å². The zero-order chi connectivity index (χ0) is 17.3. The first-order valence-corrected chi connectivity index (χ1v) is 8.14. The maximum atomic E-state index is 14.4. The largest absolute Gasteiger partial charge is 0.206 e. The van der Waals surface area contributed by atoms with Crippen molar-refractivity contribution in [2.24, 2.45) is 0 Å². The van der Waals surface area contributed by atoms with Crippen LogP contribution in [-0.2, 0) is 19.3 Å². The number of fused-ring (bicyclic) bond motifs is 1. The van der Waals surface area contributed by atoms with E-state index in [4.69, 9.17) is 0 Å². The Hall–Kier alpha value is -2.10. The van der Waals surface area contributed by atoms with E-state index < -0.39 is 23.3 Å². The summed E-state index contributed by atoms with van der Waals surface area (Å²) in [6, 6.07) is 5.27. The van der Waals surface area contributed by atoms with Gasteiger partial charge in [-0.25, -0.2) is 17.6 Å². The fourth-order valence-electron chi connectivity index (χ4n) is 3.17. The molecule has 0 atom stereocenters. The van der Waals surface area contributed by atoms with Crippen LogP contribution >= 0.6 is 0 Å². The van der Waals surface area contributed by atoms with Crippen molar-refractivity contribution in [2.45, 2.75) is 39.0 Å². The second-order valence-electron chi connectivity index (χ2n) is 6.15. The van der Waals surface area contributed by atoms with Gasteiger partial charge in [-0.2, -0.15) is 0 Å². The van der Waals surface area contributed by atoms with Gasteiger partial charge in [-0.05, 0) is 66.1 Å². The summed E-state index contributed by atoms with van der Waals surface area (Å²) < 4.78 is 55.9. The molecule has 3 rings (SSSR count). The fourth-order valence-corrected chi connectivity index (χ4v) is 3.17. The second-order valence-corrected chi connectivity index (χ2v) is 6.15. The molecule has 24 heavy (non-hydrogen) atoms. The molecular formula is C20H18F4. The van der Waals surface area contributed by atoms with Crippen LogP contribution in [0.2, 0.25) is 0 Å². The molecule has 1 aliphatic carbocycles. The SMILES string of the molecule is CCCCc1cc(F)c(C2=CCc3c(ccc(F)c3F)C2)c(F)c1. The minimum atomic E-state index is -0.900. The minimum absolute atomic E-state index is 0.0642. The third-order valence-corrected chi connectivity index (χ3v) is 4.47. The van der Waals surface area contributed by atoms with Gasteiger partial charge in [-0.1, -0.05) is 25.5 Å². The predicted molar refractivity (Wildman–Crippen MR) is 86.7 cm³/mol. The van der Waals surface area contributed by atoms with Crippen molar-refractivity contribution < 1.29 is 17.6 Å². The van der Waals surface area contributed by atoms with Crippen molar-refractivity contribution in [1.29, 1.82) is 0 Å². The second kappa shape index (κ2) is 6.80. The van der Waals surface area contributed by atoms with Crippen molar-refractivity contribution in [3.05, 3.63) is 75.9 Å². The molecule has 0 amide bonds. The van der Waals surface area contributed by atoms with Gasteiger partial charge in [0, 0.05) is 5.56 Å².